The predicted molar refractivity (Wildman–Crippen MR) is 58.6 cm³/mol. The van der Waals surface area contributed by atoms with Crippen LogP contribution in [0.25, 0.3) is 0 Å². The maximum Gasteiger partial charge on any atom is 0.221 e. The Kier molecular flexibility index (Phi) is 5.98. The van der Waals surface area contributed by atoms with Gasteiger partial charge in [-0.05, 0) is 26.7 Å². The molecule has 0 saturated heterocycles. The molecule has 14 heavy (non-hydrogen) atoms. The molecular formula is C11H20N2O. The molecule has 0 spiro atoms. The lowest BCUT2D eigenvalue weighted by atomic mass is 10.0. The van der Waals surface area contributed by atoms with Gasteiger partial charge in [0.2, 0.25) is 5.91 Å². The van der Waals surface area contributed by atoms with E-state index >= 15 is 0 Å². The fourth-order valence-electron chi connectivity index (χ4n) is 1.06. The van der Waals surface area contributed by atoms with E-state index in [4.69, 9.17) is 12.2 Å². The summed E-state index contributed by atoms with van der Waals surface area (Å²) in [7, 11) is 0. The molecule has 0 aromatic carbocycles. The van der Waals surface area contributed by atoms with Crippen LogP contribution in [0.5, 0.6) is 0 Å². The summed E-state index contributed by atoms with van der Waals surface area (Å²) >= 11 is 0. The molecule has 0 aromatic heterocycles. The number of rotatable bonds is 6. The molecule has 0 radical (unpaired) electrons. The largest absolute Gasteiger partial charge is 0.356 e. The Hall–Kier alpha value is -1.01. The average molecular weight is 196 g/mol. The van der Waals surface area contributed by atoms with Gasteiger partial charge in [0, 0.05) is 24.9 Å². The summed E-state index contributed by atoms with van der Waals surface area (Å²) in [5.74, 6) is 2.57. The Morgan fingerprint density at radius 2 is 2.14 bits per heavy atom. The zero-order valence-electron chi connectivity index (χ0n) is 9.10. The molecule has 0 aromatic rings. The number of terminal acetylenes is 1. The molecule has 1 amide bonds. The Morgan fingerprint density at radius 3 is 2.64 bits per heavy atom. The maximum absolute atomic E-state index is 11.3. The van der Waals surface area contributed by atoms with Gasteiger partial charge >= 0.3 is 0 Å². The van der Waals surface area contributed by atoms with Gasteiger partial charge in [0.25, 0.3) is 0 Å². The van der Waals surface area contributed by atoms with E-state index in [-0.39, 0.29) is 5.91 Å². The number of nitrogens with two attached hydrogens (primary N) is 1. The summed E-state index contributed by atoms with van der Waals surface area (Å²) in [5.41, 5.74) is 5.27. The Bertz CT molecular complexity index is 210. The Labute approximate surface area is 86.4 Å². The minimum absolute atomic E-state index is 0.0122. The van der Waals surface area contributed by atoms with Gasteiger partial charge in [-0.2, -0.15) is 0 Å². The third-order valence-electron chi connectivity index (χ3n) is 1.69. The summed E-state index contributed by atoms with van der Waals surface area (Å²) in [6.45, 7) is 4.37. The maximum atomic E-state index is 11.3. The highest BCUT2D eigenvalue weighted by Gasteiger charge is 2.15. The van der Waals surface area contributed by atoms with Gasteiger partial charge in [-0.25, -0.2) is 0 Å². The van der Waals surface area contributed by atoms with Crippen LogP contribution in [0.3, 0.4) is 0 Å². The summed E-state index contributed by atoms with van der Waals surface area (Å²) in [6, 6.07) is 0. The van der Waals surface area contributed by atoms with Gasteiger partial charge in [-0.1, -0.05) is 0 Å². The molecule has 0 atom stereocenters. The highest BCUT2D eigenvalue weighted by molar-refractivity contribution is 5.76. The van der Waals surface area contributed by atoms with E-state index in [0.717, 1.165) is 19.3 Å². The molecule has 0 bridgehead atoms. The zero-order chi connectivity index (χ0) is 11.0. The van der Waals surface area contributed by atoms with E-state index in [1.807, 2.05) is 13.8 Å². The van der Waals surface area contributed by atoms with Crippen LogP contribution < -0.4 is 11.1 Å². The number of amides is 1. The lowest BCUT2D eigenvalue weighted by Gasteiger charge is -2.17. The summed E-state index contributed by atoms with van der Waals surface area (Å²) in [5, 5.41) is 2.81. The highest BCUT2D eigenvalue weighted by atomic mass is 16.1. The van der Waals surface area contributed by atoms with E-state index in [2.05, 4.69) is 11.2 Å². The SMILES string of the molecule is C#CCCCCNC(=O)CC(C)(C)N. The average Bonchev–Trinajstić information content (AvgIpc) is 2.00. The monoisotopic (exact) mass is 196 g/mol. The molecule has 0 aliphatic rings. The molecule has 0 aliphatic carbocycles. The summed E-state index contributed by atoms with van der Waals surface area (Å²) < 4.78 is 0. The van der Waals surface area contributed by atoms with Gasteiger partial charge in [0.05, 0.1) is 0 Å². The lowest BCUT2D eigenvalue weighted by molar-refractivity contribution is -0.122. The number of hydrogen-bond donors (Lipinski definition) is 2. The van der Waals surface area contributed by atoms with E-state index in [9.17, 15) is 4.79 Å². The van der Waals surface area contributed by atoms with Gasteiger partial charge in [0.15, 0.2) is 0 Å². The van der Waals surface area contributed by atoms with Crippen molar-refractivity contribution in [2.45, 2.75) is 45.1 Å². The number of unbranched alkanes of at least 4 members (excludes halogenated alkanes) is 2. The summed E-state index contributed by atoms with van der Waals surface area (Å²) in [4.78, 5) is 11.3. The first-order valence-corrected chi connectivity index (χ1v) is 4.95. The van der Waals surface area contributed by atoms with Crippen LogP contribution in [0, 0.1) is 12.3 Å². The standard InChI is InChI=1S/C11H20N2O/c1-4-5-6-7-8-13-10(14)9-11(2,3)12/h1H,5-9,12H2,2-3H3,(H,13,14). The van der Waals surface area contributed by atoms with E-state index < -0.39 is 5.54 Å². The second-order valence-electron chi connectivity index (χ2n) is 4.18. The zero-order valence-corrected chi connectivity index (χ0v) is 9.10. The molecule has 80 valence electrons. The van der Waals surface area contributed by atoms with Crippen molar-refractivity contribution in [3.8, 4) is 12.3 Å². The fourth-order valence-corrected chi connectivity index (χ4v) is 1.06. The van der Waals surface area contributed by atoms with E-state index in [1.165, 1.54) is 0 Å². The second kappa shape index (κ2) is 6.44. The lowest BCUT2D eigenvalue weighted by Crippen LogP contribution is -2.39. The molecular weight excluding hydrogens is 176 g/mol. The molecule has 3 heteroatoms. The van der Waals surface area contributed by atoms with E-state index in [0.29, 0.717) is 13.0 Å². The van der Waals surface area contributed by atoms with Crippen molar-refractivity contribution in [3.05, 3.63) is 0 Å². The molecule has 0 heterocycles. The number of nitrogens with one attached hydrogen (secondary N) is 1. The normalized spacial score (nSPS) is 10.7. The predicted octanol–water partition coefficient (Wildman–Crippen LogP) is 1.03. The minimum Gasteiger partial charge on any atom is -0.356 e. The molecule has 0 saturated carbocycles. The van der Waals surface area contributed by atoms with Crippen molar-refractivity contribution < 1.29 is 4.79 Å². The molecule has 0 unspecified atom stereocenters. The van der Waals surface area contributed by atoms with Crippen molar-refractivity contribution in [1.82, 2.24) is 5.32 Å². The number of hydrogen-bond acceptors (Lipinski definition) is 2. The van der Waals surface area contributed by atoms with Gasteiger partial charge in [0.1, 0.15) is 0 Å². The van der Waals surface area contributed by atoms with Gasteiger partial charge < -0.3 is 11.1 Å². The van der Waals surface area contributed by atoms with E-state index in [1.54, 1.807) is 0 Å². The Morgan fingerprint density at radius 1 is 1.50 bits per heavy atom. The van der Waals surface area contributed by atoms with Crippen LogP contribution in [0.2, 0.25) is 0 Å². The molecule has 0 rings (SSSR count). The molecule has 3 nitrogen and oxygen atoms in total. The van der Waals surface area contributed by atoms with Crippen molar-refractivity contribution in [2.24, 2.45) is 5.73 Å². The van der Waals surface area contributed by atoms with Gasteiger partial charge in [-0.3, -0.25) is 4.79 Å². The van der Waals surface area contributed by atoms with Crippen molar-refractivity contribution in [1.29, 1.82) is 0 Å². The van der Waals surface area contributed by atoms with Crippen LogP contribution >= 0.6 is 0 Å². The highest BCUT2D eigenvalue weighted by Crippen LogP contribution is 2.02. The molecule has 3 N–H and O–H groups in total. The smallest absolute Gasteiger partial charge is 0.221 e. The third-order valence-corrected chi connectivity index (χ3v) is 1.69. The topological polar surface area (TPSA) is 55.1 Å². The van der Waals surface area contributed by atoms with Crippen LogP contribution in [0.15, 0.2) is 0 Å². The van der Waals surface area contributed by atoms with Crippen molar-refractivity contribution >= 4 is 5.91 Å². The fraction of sp³-hybridized carbons (Fsp3) is 0.727. The Balaban J connectivity index is 3.42. The first-order valence-electron chi connectivity index (χ1n) is 4.95. The van der Waals surface area contributed by atoms with Crippen LogP contribution in [0.1, 0.15) is 39.5 Å². The quantitative estimate of drug-likeness (QED) is 0.492. The number of carbonyl (C=O) groups is 1. The summed E-state index contributed by atoms with van der Waals surface area (Å²) in [6.07, 6.45) is 8.13. The molecule has 0 fully saturated rings. The third kappa shape index (κ3) is 9.08. The van der Waals surface area contributed by atoms with Crippen LogP contribution in [-0.4, -0.2) is 18.0 Å². The first kappa shape index (κ1) is 13.0. The second-order valence-corrected chi connectivity index (χ2v) is 4.18. The van der Waals surface area contributed by atoms with Crippen molar-refractivity contribution in [2.75, 3.05) is 6.54 Å². The minimum atomic E-state index is -0.428. The first-order chi connectivity index (χ1) is 6.45. The van der Waals surface area contributed by atoms with Crippen LogP contribution in [0.4, 0.5) is 0 Å². The number of carbonyl (C=O) groups excluding carboxylic acids is 1. The van der Waals surface area contributed by atoms with Crippen molar-refractivity contribution in [3.63, 3.8) is 0 Å². The molecule has 0 aliphatic heterocycles. The van der Waals surface area contributed by atoms with Crippen LogP contribution in [-0.2, 0) is 4.79 Å². The van der Waals surface area contributed by atoms with Gasteiger partial charge in [-0.15, -0.1) is 12.3 Å².